The van der Waals surface area contributed by atoms with Gasteiger partial charge in [0.2, 0.25) is 0 Å². The summed E-state index contributed by atoms with van der Waals surface area (Å²) in [4.78, 5) is 11.5. The zero-order chi connectivity index (χ0) is 14.6. The smallest absolute Gasteiger partial charge is 0.407 e. The number of carbonyl (C=O) groups is 1. The Kier molecular flexibility index (Phi) is 9.45. The third-order valence-corrected chi connectivity index (χ3v) is 3.80. The SMILES string of the molecule is CCCCCCCCNC(=O)OCc1ccc(I)cc1. The van der Waals surface area contributed by atoms with E-state index in [-0.39, 0.29) is 6.09 Å². The Balaban J connectivity index is 2.01. The summed E-state index contributed by atoms with van der Waals surface area (Å²) in [5.74, 6) is 0. The molecule has 1 rings (SSSR count). The first-order chi connectivity index (χ1) is 9.72. The molecule has 1 N–H and O–H groups in total. The van der Waals surface area contributed by atoms with E-state index in [1.165, 1.54) is 35.7 Å². The maximum absolute atomic E-state index is 11.5. The number of ether oxygens (including phenoxy) is 1. The summed E-state index contributed by atoms with van der Waals surface area (Å²) >= 11 is 2.25. The quantitative estimate of drug-likeness (QED) is 0.483. The van der Waals surface area contributed by atoms with Crippen LogP contribution in [0, 0.1) is 3.57 Å². The van der Waals surface area contributed by atoms with E-state index in [1.54, 1.807) is 0 Å². The lowest BCUT2D eigenvalue weighted by Crippen LogP contribution is -2.25. The van der Waals surface area contributed by atoms with E-state index in [2.05, 4.69) is 34.8 Å². The minimum atomic E-state index is -0.322. The first kappa shape index (κ1) is 17.3. The van der Waals surface area contributed by atoms with Gasteiger partial charge >= 0.3 is 6.09 Å². The molecule has 20 heavy (non-hydrogen) atoms. The predicted octanol–water partition coefficient (Wildman–Crippen LogP) is 4.88. The first-order valence-corrected chi connectivity index (χ1v) is 8.45. The minimum absolute atomic E-state index is 0.322. The van der Waals surface area contributed by atoms with Crippen LogP contribution in [-0.2, 0) is 11.3 Å². The van der Waals surface area contributed by atoms with Gasteiger partial charge in [-0.1, -0.05) is 51.2 Å². The number of alkyl carbamates (subject to hydrolysis) is 1. The molecule has 0 atom stereocenters. The van der Waals surface area contributed by atoms with E-state index in [9.17, 15) is 4.79 Å². The van der Waals surface area contributed by atoms with Gasteiger partial charge in [-0.3, -0.25) is 0 Å². The Morgan fingerprint density at radius 1 is 1.10 bits per heavy atom. The monoisotopic (exact) mass is 389 g/mol. The normalized spacial score (nSPS) is 10.3. The van der Waals surface area contributed by atoms with Gasteiger partial charge in [0.05, 0.1) is 0 Å². The van der Waals surface area contributed by atoms with Crippen molar-refractivity contribution in [3.8, 4) is 0 Å². The fourth-order valence-electron chi connectivity index (χ4n) is 1.88. The Hall–Kier alpha value is -0.780. The van der Waals surface area contributed by atoms with Crippen molar-refractivity contribution >= 4 is 28.7 Å². The zero-order valence-electron chi connectivity index (χ0n) is 12.2. The molecule has 0 aromatic heterocycles. The highest BCUT2D eigenvalue weighted by atomic mass is 127. The molecular weight excluding hydrogens is 365 g/mol. The lowest BCUT2D eigenvalue weighted by molar-refractivity contribution is 0.139. The molecule has 1 amide bonds. The van der Waals surface area contributed by atoms with Crippen LogP contribution in [-0.4, -0.2) is 12.6 Å². The number of unbranched alkanes of at least 4 members (excludes halogenated alkanes) is 5. The van der Waals surface area contributed by atoms with Gasteiger partial charge in [0.15, 0.2) is 0 Å². The Morgan fingerprint density at radius 2 is 1.75 bits per heavy atom. The largest absolute Gasteiger partial charge is 0.445 e. The number of halogens is 1. The highest BCUT2D eigenvalue weighted by molar-refractivity contribution is 14.1. The van der Waals surface area contributed by atoms with E-state index in [4.69, 9.17) is 4.74 Å². The Labute approximate surface area is 135 Å². The van der Waals surface area contributed by atoms with Crippen LogP contribution in [0.2, 0.25) is 0 Å². The fourth-order valence-corrected chi connectivity index (χ4v) is 2.24. The lowest BCUT2D eigenvalue weighted by Gasteiger charge is -2.07. The molecule has 0 aliphatic heterocycles. The maximum atomic E-state index is 11.5. The van der Waals surface area contributed by atoms with Gasteiger partial charge in [0, 0.05) is 10.1 Å². The third-order valence-electron chi connectivity index (χ3n) is 3.08. The molecule has 4 heteroatoms. The fraction of sp³-hybridized carbons (Fsp3) is 0.562. The summed E-state index contributed by atoms with van der Waals surface area (Å²) in [5.41, 5.74) is 1.01. The van der Waals surface area contributed by atoms with E-state index in [1.807, 2.05) is 24.3 Å². The van der Waals surface area contributed by atoms with E-state index < -0.39 is 0 Å². The molecule has 1 aromatic rings. The molecule has 0 aliphatic rings. The molecule has 0 fully saturated rings. The van der Waals surface area contributed by atoms with Crippen LogP contribution in [0.5, 0.6) is 0 Å². The molecular formula is C16H24INO2. The number of carbonyl (C=O) groups excluding carboxylic acids is 1. The topological polar surface area (TPSA) is 38.3 Å². The van der Waals surface area contributed by atoms with Gasteiger partial charge in [-0.15, -0.1) is 0 Å². The molecule has 0 radical (unpaired) electrons. The highest BCUT2D eigenvalue weighted by Gasteiger charge is 2.01. The van der Waals surface area contributed by atoms with Crippen molar-refractivity contribution in [3.63, 3.8) is 0 Å². The third kappa shape index (κ3) is 8.40. The van der Waals surface area contributed by atoms with Crippen LogP contribution in [0.15, 0.2) is 24.3 Å². The Bertz CT molecular complexity index is 379. The summed E-state index contributed by atoms with van der Waals surface area (Å²) in [6.45, 7) is 3.25. The van der Waals surface area contributed by atoms with Gasteiger partial charge in [-0.05, 0) is 46.7 Å². The molecule has 0 saturated carbocycles. The zero-order valence-corrected chi connectivity index (χ0v) is 14.3. The number of hydrogen-bond acceptors (Lipinski definition) is 2. The first-order valence-electron chi connectivity index (χ1n) is 7.37. The van der Waals surface area contributed by atoms with Gasteiger partial charge in [0.25, 0.3) is 0 Å². The minimum Gasteiger partial charge on any atom is -0.445 e. The van der Waals surface area contributed by atoms with Crippen molar-refractivity contribution in [2.45, 2.75) is 52.1 Å². The summed E-state index contributed by atoms with van der Waals surface area (Å²) < 4.78 is 6.34. The second-order valence-corrected chi connectivity index (χ2v) is 6.14. The molecule has 0 heterocycles. The van der Waals surface area contributed by atoms with Crippen LogP contribution in [0.25, 0.3) is 0 Å². The number of nitrogens with one attached hydrogen (secondary N) is 1. The lowest BCUT2D eigenvalue weighted by atomic mass is 10.1. The number of hydrogen-bond donors (Lipinski definition) is 1. The van der Waals surface area contributed by atoms with Crippen LogP contribution < -0.4 is 5.32 Å². The van der Waals surface area contributed by atoms with E-state index >= 15 is 0 Å². The summed E-state index contributed by atoms with van der Waals surface area (Å²) in [5, 5.41) is 2.79. The molecule has 0 aliphatic carbocycles. The Morgan fingerprint density at radius 3 is 2.45 bits per heavy atom. The predicted molar refractivity (Wildman–Crippen MR) is 90.7 cm³/mol. The summed E-state index contributed by atoms with van der Waals surface area (Å²) in [6, 6.07) is 7.96. The van der Waals surface area contributed by atoms with Crippen LogP contribution in [0.3, 0.4) is 0 Å². The molecule has 0 spiro atoms. The molecule has 0 unspecified atom stereocenters. The number of amides is 1. The average Bonchev–Trinajstić information content (AvgIpc) is 2.46. The van der Waals surface area contributed by atoms with E-state index in [0.717, 1.165) is 12.0 Å². The van der Waals surface area contributed by atoms with Gasteiger partial charge in [-0.2, -0.15) is 0 Å². The molecule has 0 bridgehead atoms. The molecule has 0 saturated heterocycles. The van der Waals surface area contributed by atoms with Crippen LogP contribution >= 0.6 is 22.6 Å². The van der Waals surface area contributed by atoms with E-state index in [0.29, 0.717) is 13.2 Å². The van der Waals surface area contributed by atoms with Crippen LogP contribution in [0.4, 0.5) is 4.79 Å². The van der Waals surface area contributed by atoms with Crippen molar-refractivity contribution in [1.29, 1.82) is 0 Å². The van der Waals surface area contributed by atoms with Crippen molar-refractivity contribution in [3.05, 3.63) is 33.4 Å². The van der Waals surface area contributed by atoms with Crippen molar-refractivity contribution in [2.24, 2.45) is 0 Å². The maximum Gasteiger partial charge on any atom is 0.407 e. The van der Waals surface area contributed by atoms with Gasteiger partial charge in [0.1, 0.15) is 6.61 Å². The van der Waals surface area contributed by atoms with Crippen molar-refractivity contribution in [1.82, 2.24) is 5.32 Å². The summed E-state index contributed by atoms with van der Waals surface area (Å²) in [6.07, 6.45) is 7.02. The standard InChI is InChI=1S/C16H24INO2/c1-2-3-4-5-6-7-12-18-16(19)20-13-14-8-10-15(17)11-9-14/h8-11H,2-7,12-13H2,1H3,(H,18,19). The second-order valence-electron chi connectivity index (χ2n) is 4.90. The van der Waals surface area contributed by atoms with Crippen molar-refractivity contribution < 1.29 is 9.53 Å². The molecule has 112 valence electrons. The highest BCUT2D eigenvalue weighted by Crippen LogP contribution is 2.08. The molecule has 3 nitrogen and oxygen atoms in total. The van der Waals surface area contributed by atoms with Crippen molar-refractivity contribution in [2.75, 3.05) is 6.54 Å². The van der Waals surface area contributed by atoms with Gasteiger partial charge < -0.3 is 10.1 Å². The average molecular weight is 389 g/mol. The second kappa shape index (κ2) is 10.9. The van der Waals surface area contributed by atoms with Gasteiger partial charge in [-0.25, -0.2) is 4.79 Å². The number of rotatable bonds is 9. The summed E-state index contributed by atoms with van der Waals surface area (Å²) in [7, 11) is 0. The van der Waals surface area contributed by atoms with Crippen LogP contribution in [0.1, 0.15) is 51.0 Å². The number of benzene rings is 1. The molecule has 1 aromatic carbocycles.